The normalized spacial score (nSPS) is 35.6. The minimum atomic E-state index is -0.375. The van der Waals surface area contributed by atoms with Crippen LogP contribution in [0.25, 0.3) is 0 Å². The highest BCUT2D eigenvalue weighted by molar-refractivity contribution is 6.21. The smallest absolute Gasteiger partial charge is 0.160 e. The molecule has 0 amide bonds. The van der Waals surface area contributed by atoms with Crippen molar-refractivity contribution >= 4 is 11.6 Å². The lowest BCUT2D eigenvalue weighted by Crippen LogP contribution is -2.28. The molecule has 1 aliphatic rings. The molecule has 0 radical (unpaired) electrons. The Kier molecular flexibility index (Phi) is 2.32. The maximum absolute atomic E-state index is 8.40. The van der Waals surface area contributed by atoms with E-state index in [4.69, 9.17) is 21.6 Å². The highest BCUT2D eigenvalue weighted by atomic mass is 35.5. The lowest BCUT2D eigenvalue weighted by atomic mass is 10.1. The molecular weight excluding hydrogens is 138 g/mol. The zero-order chi connectivity index (χ0) is 6.69. The molecule has 9 heavy (non-hydrogen) atoms. The first-order chi connectivity index (χ1) is 4.34. The van der Waals surface area contributed by atoms with Gasteiger partial charge in [0.15, 0.2) is 6.10 Å². The molecule has 1 rings (SSSR count). The van der Waals surface area contributed by atoms with Crippen LogP contribution >= 0.6 is 11.6 Å². The van der Waals surface area contributed by atoms with Gasteiger partial charge in [-0.2, -0.15) is 5.26 Å². The van der Waals surface area contributed by atoms with Crippen LogP contribution in [0, 0.1) is 11.3 Å². The quantitative estimate of drug-likeness (QED) is 0.482. The Morgan fingerprint density at radius 2 is 2.44 bits per heavy atom. The highest BCUT2D eigenvalue weighted by Crippen LogP contribution is 2.18. The number of ether oxygens (including phenoxy) is 1. The molecule has 0 N–H and O–H groups in total. The highest BCUT2D eigenvalue weighted by Gasteiger charge is 2.22. The third-order valence-corrected chi connectivity index (χ3v) is 1.82. The van der Waals surface area contributed by atoms with Crippen LogP contribution in [0.15, 0.2) is 0 Å². The van der Waals surface area contributed by atoms with Crippen LogP contribution in [-0.2, 0) is 4.74 Å². The van der Waals surface area contributed by atoms with Crippen LogP contribution in [0.1, 0.15) is 12.8 Å². The summed E-state index contributed by atoms with van der Waals surface area (Å²) in [6.07, 6.45) is 1.51. The SMILES string of the molecule is N#CC1OCCCC1Cl. The number of nitriles is 1. The molecule has 0 aliphatic carbocycles. The summed E-state index contributed by atoms with van der Waals surface area (Å²) in [5, 5.41) is 8.31. The summed E-state index contributed by atoms with van der Waals surface area (Å²) in [4.78, 5) is 0. The lowest BCUT2D eigenvalue weighted by Gasteiger charge is -2.21. The van der Waals surface area contributed by atoms with E-state index in [1.807, 2.05) is 6.07 Å². The van der Waals surface area contributed by atoms with Crippen LogP contribution in [-0.4, -0.2) is 18.1 Å². The van der Waals surface area contributed by atoms with Gasteiger partial charge in [-0.05, 0) is 12.8 Å². The van der Waals surface area contributed by atoms with Gasteiger partial charge in [-0.1, -0.05) is 0 Å². The average Bonchev–Trinajstić information content (AvgIpc) is 1.89. The molecule has 3 heteroatoms. The molecule has 1 aliphatic heterocycles. The summed E-state index contributed by atoms with van der Waals surface area (Å²) in [6.45, 7) is 0.682. The van der Waals surface area contributed by atoms with Crippen molar-refractivity contribution in [3.05, 3.63) is 0 Å². The topological polar surface area (TPSA) is 33.0 Å². The number of hydrogen-bond donors (Lipinski definition) is 0. The predicted molar refractivity (Wildman–Crippen MR) is 34.2 cm³/mol. The molecule has 0 aromatic rings. The number of nitrogens with zero attached hydrogens (tertiary/aromatic N) is 1. The first-order valence-electron chi connectivity index (χ1n) is 3.00. The van der Waals surface area contributed by atoms with E-state index in [0.717, 1.165) is 12.8 Å². The molecule has 1 heterocycles. The second kappa shape index (κ2) is 3.05. The van der Waals surface area contributed by atoms with Crippen molar-refractivity contribution in [1.82, 2.24) is 0 Å². The van der Waals surface area contributed by atoms with Crippen LogP contribution in [0.2, 0.25) is 0 Å². The van der Waals surface area contributed by atoms with Gasteiger partial charge in [0, 0.05) is 6.61 Å². The molecule has 2 atom stereocenters. The molecule has 0 saturated carbocycles. The number of rotatable bonds is 0. The van der Waals surface area contributed by atoms with Gasteiger partial charge < -0.3 is 4.74 Å². The van der Waals surface area contributed by atoms with Gasteiger partial charge in [-0.25, -0.2) is 0 Å². The van der Waals surface area contributed by atoms with Crippen molar-refractivity contribution in [1.29, 1.82) is 5.26 Å². The van der Waals surface area contributed by atoms with Crippen molar-refractivity contribution in [2.75, 3.05) is 6.61 Å². The predicted octanol–water partition coefficient (Wildman–Crippen LogP) is 1.30. The standard InChI is InChI=1S/C6H8ClNO/c7-5-2-1-3-9-6(5)4-8/h5-6H,1-3H2. The Hall–Kier alpha value is -0.260. The summed E-state index contributed by atoms with van der Waals surface area (Å²) < 4.78 is 5.05. The van der Waals surface area contributed by atoms with Crippen LogP contribution in [0.4, 0.5) is 0 Å². The molecule has 0 aromatic carbocycles. The third-order valence-electron chi connectivity index (χ3n) is 1.38. The van der Waals surface area contributed by atoms with E-state index in [1.54, 1.807) is 0 Å². The summed E-state index contributed by atoms with van der Waals surface area (Å²) >= 11 is 5.74. The second-order valence-electron chi connectivity index (χ2n) is 2.08. The van der Waals surface area contributed by atoms with E-state index < -0.39 is 0 Å². The molecule has 2 unspecified atom stereocenters. The Morgan fingerprint density at radius 1 is 1.67 bits per heavy atom. The summed E-state index contributed by atoms with van der Waals surface area (Å²) in [7, 11) is 0. The van der Waals surface area contributed by atoms with E-state index in [1.165, 1.54) is 0 Å². The summed E-state index contributed by atoms with van der Waals surface area (Å²) in [5.74, 6) is 0. The first-order valence-corrected chi connectivity index (χ1v) is 3.43. The van der Waals surface area contributed by atoms with E-state index in [2.05, 4.69) is 0 Å². The minimum absolute atomic E-state index is 0.0938. The van der Waals surface area contributed by atoms with E-state index in [9.17, 15) is 0 Å². The Labute approximate surface area is 59.4 Å². The fraction of sp³-hybridized carbons (Fsp3) is 0.833. The van der Waals surface area contributed by atoms with Gasteiger partial charge >= 0.3 is 0 Å². The van der Waals surface area contributed by atoms with Gasteiger partial charge in [0.2, 0.25) is 0 Å². The third kappa shape index (κ3) is 1.57. The van der Waals surface area contributed by atoms with Gasteiger partial charge in [0.1, 0.15) is 0 Å². The fourth-order valence-electron chi connectivity index (χ4n) is 0.863. The summed E-state index contributed by atoms with van der Waals surface area (Å²) in [6, 6.07) is 2.00. The van der Waals surface area contributed by atoms with Crippen LogP contribution in [0.3, 0.4) is 0 Å². The van der Waals surface area contributed by atoms with Crippen molar-refractivity contribution in [3.8, 4) is 6.07 Å². The molecule has 1 fully saturated rings. The molecule has 1 saturated heterocycles. The van der Waals surface area contributed by atoms with Crippen molar-refractivity contribution in [2.24, 2.45) is 0 Å². The Bertz CT molecular complexity index is 132. The number of halogens is 1. The second-order valence-corrected chi connectivity index (χ2v) is 2.64. The van der Waals surface area contributed by atoms with E-state index >= 15 is 0 Å². The number of hydrogen-bond acceptors (Lipinski definition) is 2. The maximum Gasteiger partial charge on any atom is 0.160 e. The monoisotopic (exact) mass is 145 g/mol. The Morgan fingerprint density at radius 3 is 2.89 bits per heavy atom. The molecule has 50 valence electrons. The number of alkyl halides is 1. The molecular formula is C6H8ClNO. The fourth-order valence-corrected chi connectivity index (χ4v) is 1.15. The van der Waals surface area contributed by atoms with Crippen molar-refractivity contribution < 1.29 is 4.74 Å². The maximum atomic E-state index is 8.40. The molecule has 0 bridgehead atoms. The first kappa shape index (κ1) is 6.85. The van der Waals surface area contributed by atoms with Crippen molar-refractivity contribution in [3.63, 3.8) is 0 Å². The van der Waals surface area contributed by atoms with Gasteiger partial charge in [0.05, 0.1) is 11.4 Å². The van der Waals surface area contributed by atoms with Crippen LogP contribution in [0.5, 0.6) is 0 Å². The van der Waals surface area contributed by atoms with Gasteiger partial charge in [-0.3, -0.25) is 0 Å². The molecule has 2 nitrogen and oxygen atoms in total. The summed E-state index contributed by atoms with van der Waals surface area (Å²) in [5.41, 5.74) is 0. The van der Waals surface area contributed by atoms with E-state index in [-0.39, 0.29) is 11.5 Å². The average molecular weight is 146 g/mol. The zero-order valence-electron chi connectivity index (χ0n) is 5.01. The minimum Gasteiger partial charge on any atom is -0.362 e. The van der Waals surface area contributed by atoms with Crippen LogP contribution < -0.4 is 0 Å². The molecule has 0 spiro atoms. The largest absolute Gasteiger partial charge is 0.362 e. The van der Waals surface area contributed by atoms with E-state index in [0.29, 0.717) is 6.61 Å². The Balaban J connectivity index is 2.41. The van der Waals surface area contributed by atoms with Gasteiger partial charge in [0.25, 0.3) is 0 Å². The lowest BCUT2D eigenvalue weighted by molar-refractivity contribution is 0.0545. The van der Waals surface area contributed by atoms with Gasteiger partial charge in [-0.15, -0.1) is 11.6 Å². The zero-order valence-corrected chi connectivity index (χ0v) is 5.77. The molecule has 0 aromatic heterocycles. The van der Waals surface area contributed by atoms with Crippen molar-refractivity contribution in [2.45, 2.75) is 24.3 Å².